The van der Waals surface area contributed by atoms with E-state index >= 15 is 0 Å². The maximum Gasteiger partial charge on any atom is 0.115 e. The van der Waals surface area contributed by atoms with Gasteiger partial charge in [0, 0.05) is 11.9 Å². The highest BCUT2D eigenvalue weighted by Crippen LogP contribution is 2.29. The van der Waals surface area contributed by atoms with Gasteiger partial charge in [0.15, 0.2) is 0 Å². The molecule has 0 aliphatic rings. The van der Waals surface area contributed by atoms with Gasteiger partial charge in [0.05, 0.1) is 0 Å². The molecule has 0 aliphatic heterocycles. The second-order valence-corrected chi connectivity index (χ2v) is 7.02. The summed E-state index contributed by atoms with van der Waals surface area (Å²) in [5, 5.41) is 0. The van der Waals surface area contributed by atoms with Crippen molar-refractivity contribution >= 4 is 0 Å². The zero-order valence-corrected chi connectivity index (χ0v) is 15.8. The number of hydrogen-bond acceptors (Lipinski definition) is 2. The van der Waals surface area contributed by atoms with Gasteiger partial charge in [0.2, 0.25) is 0 Å². The Balaban J connectivity index is 2.23. The van der Waals surface area contributed by atoms with Crippen LogP contribution in [0.25, 0.3) is 0 Å². The van der Waals surface area contributed by atoms with Gasteiger partial charge in [-0.1, -0.05) is 84.5 Å². The van der Waals surface area contributed by atoms with Gasteiger partial charge in [-0.25, -0.2) is 9.97 Å². The molecule has 0 amide bonds. The van der Waals surface area contributed by atoms with E-state index in [-0.39, 0.29) is 0 Å². The van der Waals surface area contributed by atoms with Crippen LogP contribution in [-0.4, -0.2) is 9.97 Å². The first-order valence-electron chi connectivity index (χ1n) is 10.1. The Labute approximate surface area is 144 Å². The van der Waals surface area contributed by atoms with E-state index in [2.05, 4.69) is 36.9 Å². The van der Waals surface area contributed by atoms with Crippen LogP contribution in [0.4, 0.5) is 0 Å². The maximum atomic E-state index is 4.39. The molecule has 132 valence electrons. The average molecular weight is 319 g/mol. The molecular formula is C21H38N2. The molecule has 0 aromatic carbocycles. The lowest BCUT2D eigenvalue weighted by Gasteiger charge is -2.18. The molecule has 1 aromatic rings. The number of rotatable bonds is 14. The van der Waals surface area contributed by atoms with Crippen LogP contribution in [0, 0.1) is 6.92 Å². The van der Waals surface area contributed by atoms with Crippen molar-refractivity contribution in [1.29, 1.82) is 0 Å². The molecule has 1 aromatic heterocycles. The third-order valence-electron chi connectivity index (χ3n) is 4.95. The molecule has 1 unspecified atom stereocenters. The molecule has 0 saturated heterocycles. The van der Waals surface area contributed by atoms with Crippen LogP contribution >= 0.6 is 0 Å². The normalized spacial score (nSPS) is 12.5. The molecule has 1 heterocycles. The smallest absolute Gasteiger partial charge is 0.115 e. The van der Waals surface area contributed by atoms with Crippen molar-refractivity contribution in [2.45, 2.75) is 110 Å². The summed E-state index contributed by atoms with van der Waals surface area (Å²) in [6, 6.07) is 0. The molecule has 2 heteroatoms. The van der Waals surface area contributed by atoms with E-state index in [0.717, 1.165) is 0 Å². The second-order valence-electron chi connectivity index (χ2n) is 7.02. The summed E-state index contributed by atoms with van der Waals surface area (Å²) >= 11 is 0. The van der Waals surface area contributed by atoms with E-state index in [9.17, 15) is 0 Å². The molecule has 1 rings (SSSR count). The van der Waals surface area contributed by atoms with Crippen molar-refractivity contribution < 1.29 is 0 Å². The molecule has 0 fully saturated rings. The van der Waals surface area contributed by atoms with Gasteiger partial charge < -0.3 is 0 Å². The fourth-order valence-electron chi connectivity index (χ4n) is 3.41. The highest BCUT2D eigenvalue weighted by atomic mass is 14.8. The van der Waals surface area contributed by atoms with Gasteiger partial charge in [-0.2, -0.15) is 0 Å². The number of aryl methyl sites for hydroxylation is 1. The molecule has 0 aliphatic carbocycles. The SMILES string of the molecule is CCCCCCCCCCCC(CCCC)c1cncnc1C. The Morgan fingerprint density at radius 1 is 0.783 bits per heavy atom. The lowest BCUT2D eigenvalue weighted by Crippen LogP contribution is -2.04. The quantitative estimate of drug-likeness (QED) is 0.346. The summed E-state index contributed by atoms with van der Waals surface area (Å²) in [4.78, 5) is 8.65. The summed E-state index contributed by atoms with van der Waals surface area (Å²) in [5.41, 5.74) is 2.57. The van der Waals surface area contributed by atoms with Crippen molar-refractivity contribution in [3.05, 3.63) is 23.8 Å². The summed E-state index contributed by atoms with van der Waals surface area (Å²) in [6.45, 7) is 6.70. The van der Waals surface area contributed by atoms with Gasteiger partial charge in [-0.15, -0.1) is 0 Å². The fraction of sp³-hybridized carbons (Fsp3) is 0.810. The number of aromatic nitrogens is 2. The molecule has 1 atom stereocenters. The second kappa shape index (κ2) is 13.5. The van der Waals surface area contributed by atoms with E-state index < -0.39 is 0 Å². The van der Waals surface area contributed by atoms with Crippen LogP contribution in [-0.2, 0) is 0 Å². The predicted molar refractivity (Wildman–Crippen MR) is 101 cm³/mol. The van der Waals surface area contributed by atoms with Crippen molar-refractivity contribution in [1.82, 2.24) is 9.97 Å². The lowest BCUT2D eigenvalue weighted by molar-refractivity contribution is 0.494. The highest BCUT2D eigenvalue weighted by molar-refractivity contribution is 5.19. The van der Waals surface area contributed by atoms with Crippen molar-refractivity contribution in [2.24, 2.45) is 0 Å². The minimum absolute atomic E-state index is 0.667. The van der Waals surface area contributed by atoms with Crippen LogP contribution in [0.3, 0.4) is 0 Å². The van der Waals surface area contributed by atoms with Crippen LogP contribution in [0.15, 0.2) is 12.5 Å². The van der Waals surface area contributed by atoms with Crippen LogP contribution in [0.1, 0.15) is 114 Å². The first-order valence-corrected chi connectivity index (χ1v) is 10.1. The third kappa shape index (κ3) is 9.07. The number of unbranched alkanes of at least 4 members (excludes halogenated alkanes) is 9. The molecule has 0 saturated carbocycles. The summed E-state index contributed by atoms with van der Waals surface area (Å²) in [6.07, 6.45) is 21.6. The Kier molecular flexibility index (Phi) is 11.8. The van der Waals surface area contributed by atoms with Gasteiger partial charge in [0.1, 0.15) is 6.33 Å². The molecule has 23 heavy (non-hydrogen) atoms. The van der Waals surface area contributed by atoms with Gasteiger partial charge in [-0.05, 0) is 31.2 Å². The minimum Gasteiger partial charge on any atom is -0.245 e. The monoisotopic (exact) mass is 318 g/mol. The highest BCUT2D eigenvalue weighted by Gasteiger charge is 2.14. The topological polar surface area (TPSA) is 25.8 Å². The lowest BCUT2D eigenvalue weighted by atomic mass is 9.88. The molecule has 2 nitrogen and oxygen atoms in total. The molecule has 0 radical (unpaired) electrons. The van der Waals surface area contributed by atoms with Crippen LogP contribution < -0.4 is 0 Å². The summed E-state index contributed by atoms with van der Waals surface area (Å²) < 4.78 is 0. The fourth-order valence-corrected chi connectivity index (χ4v) is 3.41. The Bertz CT molecular complexity index is 389. The number of nitrogens with zero attached hydrogens (tertiary/aromatic N) is 2. The standard InChI is InChI=1S/C21H38N2/c1-4-6-8-9-10-11-12-13-14-16-20(15-7-5-2)21-17-22-18-23-19(21)3/h17-18,20H,4-16H2,1-3H3. The summed E-state index contributed by atoms with van der Waals surface area (Å²) in [5.74, 6) is 0.667. The van der Waals surface area contributed by atoms with E-state index in [4.69, 9.17) is 0 Å². The van der Waals surface area contributed by atoms with Gasteiger partial charge in [0.25, 0.3) is 0 Å². The number of hydrogen-bond donors (Lipinski definition) is 0. The molecular weight excluding hydrogens is 280 g/mol. The van der Waals surface area contributed by atoms with Crippen molar-refractivity contribution in [3.8, 4) is 0 Å². The average Bonchev–Trinajstić information content (AvgIpc) is 2.57. The van der Waals surface area contributed by atoms with Crippen LogP contribution in [0.5, 0.6) is 0 Å². The summed E-state index contributed by atoms with van der Waals surface area (Å²) in [7, 11) is 0. The Hall–Kier alpha value is -0.920. The van der Waals surface area contributed by atoms with Crippen molar-refractivity contribution in [2.75, 3.05) is 0 Å². The van der Waals surface area contributed by atoms with Crippen molar-refractivity contribution in [3.63, 3.8) is 0 Å². The zero-order valence-electron chi connectivity index (χ0n) is 15.8. The predicted octanol–water partition coefficient (Wildman–Crippen LogP) is 6.98. The van der Waals surface area contributed by atoms with Crippen LogP contribution in [0.2, 0.25) is 0 Å². The van der Waals surface area contributed by atoms with Gasteiger partial charge in [-0.3, -0.25) is 0 Å². The van der Waals surface area contributed by atoms with E-state index in [1.807, 2.05) is 0 Å². The van der Waals surface area contributed by atoms with E-state index in [1.54, 1.807) is 6.33 Å². The minimum atomic E-state index is 0.667. The Morgan fingerprint density at radius 2 is 1.35 bits per heavy atom. The zero-order chi connectivity index (χ0) is 16.8. The maximum absolute atomic E-state index is 4.39. The van der Waals surface area contributed by atoms with E-state index in [0.29, 0.717) is 5.92 Å². The Morgan fingerprint density at radius 3 is 1.96 bits per heavy atom. The molecule has 0 spiro atoms. The molecule has 0 bridgehead atoms. The molecule has 0 N–H and O–H groups in total. The first-order chi connectivity index (χ1) is 11.3. The third-order valence-corrected chi connectivity index (χ3v) is 4.95. The first kappa shape index (κ1) is 20.1. The van der Waals surface area contributed by atoms with Gasteiger partial charge >= 0.3 is 0 Å². The largest absolute Gasteiger partial charge is 0.245 e. The van der Waals surface area contributed by atoms with E-state index in [1.165, 1.54) is 94.7 Å².